The van der Waals surface area contributed by atoms with Crippen LogP contribution in [0.25, 0.3) is 33.5 Å². The number of carbonyl (C=O) groups excluding carboxylic acids is 2. The zero-order chi connectivity index (χ0) is 30.8. The van der Waals surface area contributed by atoms with Crippen LogP contribution < -0.4 is 5.32 Å². The van der Waals surface area contributed by atoms with Crippen LogP contribution in [-0.2, 0) is 16.9 Å². The molecule has 3 aromatic carbocycles. The number of hydrogen-bond donors (Lipinski definition) is 4. The molecule has 44 heavy (non-hydrogen) atoms. The lowest BCUT2D eigenvalue weighted by Gasteiger charge is -2.26. The Morgan fingerprint density at radius 2 is 1.68 bits per heavy atom. The van der Waals surface area contributed by atoms with Gasteiger partial charge in [0.1, 0.15) is 12.0 Å². The number of aliphatic hydroxyl groups is 2. The summed E-state index contributed by atoms with van der Waals surface area (Å²) in [5.74, 6) is -0.356. The number of nitrogens with zero attached hydrogens (tertiary/aromatic N) is 3. The lowest BCUT2D eigenvalue weighted by molar-refractivity contribution is 0.0303. The van der Waals surface area contributed by atoms with E-state index in [1.165, 1.54) is 6.33 Å². The van der Waals surface area contributed by atoms with Crippen molar-refractivity contribution in [2.45, 2.75) is 26.1 Å². The number of H-pyrrole nitrogens is 1. The number of amides is 2. The Morgan fingerprint density at radius 3 is 2.36 bits per heavy atom. The van der Waals surface area contributed by atoms with Gasteiger partial charge in [-0.15, -0.1) is 0 Å². The number of aromatic nitrogens is 3. The van der Waals surface area contributed by atoms with Crippen LogP contribution in [0.15, 0.2) is 79.1 Å². The van der Waals surface area contributed by atoms with Gasteiger partial charge in [0.2, 0.25) is 0 Å². The van der Waals surface area contributed by atoms with Gasteiger partial charge < -0.3 is 30.2 Å². The van der Waals surface area contributed by atoms with Gasteiger partial charge in [-0.25, -0.2) is 9.97 Å². The van der Waals surface area contributed by atoms with Crippen molar-refractivity contribution in [1.29, 1.82) is 0 Å². The normalized spacial score (nSPS) is 13.7. The van der Waals surface area contributed by atoms with E-state index in [0.717, 1.165) is 16.6 Å². The van der Waals surface area contributed by atoms with Crippen molar-refractivity contribution in [3.8, 4) is 22.5 Å². The Bertz CT molecular complexity index is 1820. The maximum Gasteiger partial charge on any atom is 0.255 e. The fraction of sp³-hybridized carbons (Fsp3) is 0.235. The number of benzene rings is 3. The van der Waals surface area contributed by atoms with E-state index in [-0.39, 0.29) is 18.4 Å². The van der Waals surface area contributed by atoms with Crippen LogP contribution in [0.4, 0.5) is 5.69 Å². The molecular weight excluding hydrogens is 558 g/mol. The molecule has 0 bridgehead atoms. The van der Waals surface area contributed by atoms with Crippen molar-refractivity contribution in [1.82, 2.24) is 19.9 Å². The summed E-state index contributed by atoms with van der Waals surface area (Å²) in [7, 11) is 0. The summed E-state index contributed by atoms with van der Waals surface area (Å²) in [4.78, 5) is 40.1. The maximum absolute atomic E-state index is 13.1. The number of aromatic amines is 1. The fourth-order valence-electron chi connectivity index (χ4n) is 5.37. The number of anilines is 1. The van der Waals surface area contributed by atoms with Crippen LogP contribution in [0.2, 0.25) is 0 Å². The molecule has 1 aliphatic rings. The van der Waals surface area contributed by atoms with Crippen LogP contribution in [0, 0.1) is 0 Å². The minimum Gasteiger partial charge on any atom is -0.392 e. The molecule has 6 rings (SSSR count). The SMILES string of the molecule is CC(C)(O)c1ccc(C(=O)Nc2cccc(-c3ncnc4[nH]c(-c5ccc(C(=O)N6CCOCC6)cc5)cc34)c2CO)cc1. The van der Waals surface area contributed by atoms with Crippen molar-refractivity contribution >= 4 is 28.5 Å². The molecule has 3 heterocycles. The highest BCUT2D eigenvalue weighted by Crippen LogP contribution is 2.34. The van der Waals surface area contributed by atoms with Gasteiger partial charge >= 0.3 is 0 Å². The summed E-state index contributed by atoms with van der Waals surface area (Å²) in [6.07, 6.45) is 1.46. The third-order valence-corrected chi connectivity index (χ3v) is 7.86. The van der Waals surface area contributed by atoms with Gasteiger partial charge in [-0.2, -0.15) is 0 Å². The molecule has 10 nitrogen and oxygen atoms in total. The van der Waals surface area contributed by atoms with E-state index in [2.05, 4.69) is 20.3 Å². The first-order valence-corrected chi connectivity index (χ1v) is 14.4. The number of nitrogens with one attached hydrogen (secondary N) is 2. The van der Waals surface area contributed by atoms with Crippen LogP contribution in [0.5, 0.6) is 0 Å². The Labute approximate surface area is 254 Å². The van der Waals surface area contributed by atoms with Crippen LogP contribution >= 0.6 is 0 Å². The monoisotopic (exact) mass is 591 g/mol. The fourth-order valence-corrected chi connectivity index (χ4v) is 5.37. The van der Waals surface area contributed by atoms with Gasteiger partial charge in [-0.05, 0) is 61.4 Å². The van der Waals surface area contributed by atoms with Crippen molar-refractivity contribution in [3.05, 3.63) is 101 Å². The molecule has 2 amide bonds. The maximum atomic E-state index is 13.1. The third kappa shape index (κ3) is 5.83. The first-order valence-electron chi connectivity index (χ1n) is 14.4. The highest BCUT2D eigenvalue weighted by molar-refractivity contribution is 6.05. The zero-order valence-electron chi connectivity index (χ0n) is 24.5. The molecule has 224 valence electrons. The first-order chi connectivity index (χ1) is 21.2. The van der Waals surface area contributed by atoms with E-state index in [1.807, 2.05) is 36.4 Å². The van der Waals surface area contributed by atoms with E-state index < -0.39 is 5.60 Å². The van der Waals surface area contributed by atoms with Crippen LogP contribution in [-0.4, -0.2) is 68.2 Å². The molecule has 0 atom stereocenters. The molecule has 0 radical (unpaired) electrons. The standard InChI is InChI=1S/C34H33N5O5/c1-34(2,43)24-12-10-22(11-13-24)32(41)38-28-5-3-4-25(27(28)19-40)30-26-18-29(37-31(26)36-20-35-30)21-6-8-23(9-7-21)33(42)39-14-16-44-17-15-39/h3-13,18,20,40,43H,14-17,19H2,1-2H3,(H,38,41)(H,35,36,37). The molecule has 0 spiro atoms. The molecule has 0 aliphatic carbocycles. The molecule has 0 saturated carbocycles. The minimum absolute atomic E-state index is 0.0146. The van der Waals surface area contributed by atoms with E-state index in [9.17, 15) is 19.8 Å². The summed E-state index contributed by atoms with van der Waals surface area (Å²) >= 11 is 0. The zero-order valence-corrected chi connectivity index (χ0v) is 24.5. The lowest BCUT2D eigenvalue weighted by atomic mass is 9.97. The smallest absolute Gasteiger partial charge is 0.255 e. The predicted octanol–water partition coefficient (Wildman–Crippen LogP) is 4.74. The molecule has 5 aromatic rings. The highest BCUT2D eigenvalue weighted by atomic mass is 16.5. The second-order valence-electron chi connectivity index (χ2n) is 11.2. The lowest BCUT2D eigenvalue weighted by Crippen LogP contribution is -2.40. The van der Waals surface area contributed by atoms with Gasteiger partial charge in [0.15, 0.2) is 0 Å². The molecule has 2 aromatic heterocycles. The van der Waals surface area contributed by atoms with Crippen molar-refractivity contribution in [3.63, 3.8) is 0 Å². The van der Waals surface area contributed by atoms with Crippen molar-refractivity contribution < 1.29 is 24.5 Å². The Morgan fingerprint density at radius 1 is 0.977 bits per heavy atom. The second kappa shape index (κ2) is 12.0. The van der Waals surface area contributed by atoms with Gasteiger partial charge in [0.25, 0.3) is 11.8 Å². The minimum atomic E-state index is -1.01. The quantitative estimate of drug-likeness (QED) is 0.214. The van der Waals surface area contributed by atoms with Gasteiger partial charge in [-0.1, -0.05) is 36.4 Å². The summed E-state index contributed by atoms with van der Waals surface area (Å²) in [5.41, 5.74) is 5.26. The van der Waals surface area contributed by atoms with Crippen molar-refractivity contribution in [2.75, 3.05) is 31.6 Å². The molecular formula is C34H33N5O5. The average Bonchev–Trinajstić information content (AvgIpc) is 3.49. The summed E-state index contributed by atoms with van der Waals surface area (Å²) in [6, 6.07) is 21.5. The van der Waals surface area contributed by atoms with E-state index in [4.69, 9.17) is 4.74 Å². The van der Waals surface area contributed by atoms with Gasteiger partial charge in [0, 0.05) is 52.1 Å². The van der Waals surface area contributed by atoms with E-state index >= 15 is 0 Å². The van der Waals surface area contributed by atoms with Crippen LogP contribution in [0.1, 0.15) is 45.7 Å². The molecule has 4 N–H and O–H groups in total. The molecule has 1 aliphatic heterocycles. The number of carbonyl (C=O) groups is 2. The van der Waals surface area contributed by atoms with E-state index in [0.29, 0.717) is 71.1 Å². The second-order valence-corrected chi connectivity index (χ2v) is 11.2. The molecule has 1 saturated heterocycles. The molecule has 1 fully saturated rings. The Hall–Kier alpha value is -4.90. The molecule has 0 unspecified atom stereocenters. The third-order valence-electron chi connectivity index (χ3n) is 7.86. The topological polar surface area (TPSA) is 141 Å². The van der Waals surface area contributed by atoms with Crippen molar-refractivity contribution in [2.24, 2.45) is 0 Å². The van der Waals surface area contributed by atoms with E-state index in [1.54, 1.807) is 55.1 Å². The largest absolute Gasteiger partial charge is 0.392 e. The Balaban J connectivity index is 1.28. The number of fused-ring (bicyclic) bond motifs is 1. The van der Waals surface area contributed by atoms with Gasteiger partial charge in [0.05, 0.1) is 31.1 Å². The average molecular weight is 592 g/mol. The summed E-state index contributed by atoms with van der Waals surface area (Å²) < 4.78 is 5.35. The number of hydrogen-bond acceptors (Lipinski definition) is 7. The summed E-state index contributed by atoms with van der Waals surface area (Å²) in [5, 5.41) is 24.3. The molecule has 10 heteroatoms. The van der Waals surface area contributed by atoms with Gasteiger partial charge in [-0.3, -0.25) is 9.59 Å². The number of ether oxygens (including phenoxy) is 1. The summed E-state index contributed by atoms with van der Waals surface area (Å²) in [6.45, 7) is 5.31. The number of aliphatic hydroxyl groups excluding tert-OH is 1. The predicted molar refractivity (Wildman–Crippen MR) is 167 cm³/mol. The van der Waals surface area contributed by atoms with Crippen LogP contribution in [0.3, 0.4) is 0 Å². The highest BCUT2D eigenvalue weighted by Gasteiger charge is 2.21. The number of morpholine rings is 1. The first kappa shape index (κ1) is 29.2. The Kier molecular flexibility index (Phi) is 7.96. The number of rotatable bonds is 7.